The fourth-order valence-corrected chi connectivity index (χ4v) is 2.45. The number of anilines is 1. The number of ether oxygens (including phenoxy) is 1. The van der Waals surface area contributed by atoms with Crippen molar-refractivity contribution < 1.29 is 19.4 Å². The minimum Gasteiger partial charge on any atom is -0.480 e. The molecule has 24 heavy (non-hydrogen) atoms. The lowest BCUT2D eigenvalue weighted by Crippen LogP contribution is -2.36. The first kappa shape index (κ1) is 17.5. The van der Waals surface area contributed by atoms with E-state index in [4.69, 9.17) is 9.84 Å². The van der Waals surface area contributed by atoms with E-state index >= 15 is 0 Å². The van der Waals surface area contributed by atoms with Crippen molar-refractivity contribution in [2.24, 2.45) is 0 Å². The van der Waals surface area contributed by atoms with Crippen LogP contribution in [0.4, 0.5) is 5.69 Å². The first-order valence-electron chi connectivity index (χ1n) is 7.80. The van der Waals surface area contributed by atoms with E-state index in [-0.39, 0.29) is 19.2 Å². The molecule has 0 heterocycles. The van der Waals surface area contributed by atoms with Gasteiger partial charge < -0.3 is 14.7 Å². The molecule has 0 fully saturated rings. The van der Waals surface area contributed by atoms with Crippen LogP contribution in [0.5, 0.6) is 0 Å². The van der Waals surface area contributed by atoms with Crippen LogP contribution >= 0.6 is 0 Å². The highest BCUT2D eigenvalue weighted by molar-refractivity contribution is 5.80. The van der Waals surface area contributed by atoms with E-state index < -0.39 is 11.9 Å². The second-order valence-electron chi connectivity index (χ2n) is 5.58. The maximum atomic E-state index is 12.2. The average Bonchev–Trinajstić information content (AvgIpc) is 2.55. The van der Waals surface area contributed by atoms with Crippen LogP contribution in [0.1, 0.15) is 12.5 Å². The SMILES string of the molecule is CC(Cc1ccccc1)OC(=O)CN(CC(=O)O)c1ccccc1. The minimum absolute atomic E-state index is 0.102. The van der Waals surface area contributed by atoms with E-state index in [9.17, 15) is 9.59 Å². The Morgan fingerprint density at radius 1 is 1.00 bits per heavy atom. The van der Waals surface area contributed by atoms with Crippen LogP contribution in [0, 0.1) is 0 Å². The summed E-state index contributed by atoms with van der Waals surface area (Å²) in [5.74, 6) is -1.44. The molecular formula is C19H21NO4. The summed E-state index contributed by atoms with van der Waals surface area (Å²) in [7, 11) is 0. The summed E-state index contributed by atoms with van der Waals surface area (Å²) in [6.45, 7) is 1.47. The van der Waals surface area contributed by atoms with E-state index in [0.717, 1.165) is 5.56 Å². The molecular weight excluding hydrogens is 306 g/mol. The van der Waals surface area contributed by atoms with Gasteiger partial charge in [-0.3, -0.25) is 9.59 Å². The number of benzene rings is 2. The van der Waals surface area contributed by atoms with E-state index in [0.29, 0.717) is 12.1 Å². The topological polar surface area (TPSA) is 66.8 Å². The van der Waals surface area contributed by atoms with Gasteiger partial charge in [-0.1, -0.05) is 48.5 Å². The summed E-state index contributed by atoms with van der Waals surface area (Å²) < 4.78 is 5.41. The van der Waals surface area contributed by atoms with Crippen LogP contribution in [0.3, 0.4) is 0 Å². The summed E-state index contributed by atoms with van der Waals surface area (Å²) >= 11 is 0. The number of hydrogen-bond acceptors (Lipinski definition) is 4. The zero-order valence-corrected chi connectivity index (χ0v) is 13.6. The molecule has 1 unspecified atom stereocenters. The summed E-state index contributed by atoms with van der Waals surface area (Å²) in [5.41, 5.74) is 1.76. The Balaban J connectivity index is 1.93. The molecule has 0 aromatic heterocycles. The Kier molecular flexibility index (Phi) is 6.37. The Bertz CT molecular complexity index is 658. The molecule has 5 heteroatoms. The molecule has 0 amide bonds. The fraction of sp³-hybridized carbons (Fsp3) is 0.263. The van der Waals surface area contributed by atoms with E-state index in [1.807, 2.05) is 43.3 Å². The minimum atomic E-state index is -0.996. The zero-order valence-electron chi connectivity index (χ0n) is 13.6. The van der Waals surface area contributed by atoms with Crippen LogP contribution in [0.15, 0.2) is 60.7 Å². The molecule has 1 N–H and O–H groups in total. The molecule has 2 aromatic rings. The van der Waals surface area contributed by atoms with Crippen molar-refractivity contribution in [1.82, 2.24) is 0 Å². The molecule has 1 atom stereocenters. The average molecular weight is 327 g/mol. The molecule has 0 aliphatic heterocycles. The Morgan fingerprint density at radius 3 is 2.17 bits per heavy atom. The quantitative estimate of drug-likeness (QED) is 0.755. The first-order chi connectivity index (χ1) is 11.5. The third kappa shape index (κ3) is 5.76. The monoisotopic (exact) mass is 327 g/mol. The van der Waals surface area contributed by atoms with Gasteiger partial charge in [0.25, 0.3) is 0 Å². The predicted octanol–water partition coefficient (Wildman–Crippen LogP) is 2.75. The Labute approximate surface area is 141 Å². The van der Waals surface area contributed by atoms with Crippen LogP contribution in [0.2, 0.25) is 0 Å². The molecule has 0 aliphatic rings. The van der Waals surface area contributed by atoms with Crippen molar-refractivity contribution >= 4 is 17.6 Å². The van der Waals surface area contributed by atoms with Gasteiger partial charge in [0.2, 0.25) is 0 Å². The number of carboxylic acids is 1. The molecule has 5 nitrogen and oxygen atoms in total. The van der Waals surface area contributed by atoms with Crippen molar-refractivity contribution in [3.05, 3.63) is 66.2 Å². The van der Waals surface area contributed by atoms with Gasteiger partial charge in [0.05, 0.1) is 0 Å². The van der Waals surface area contributed by atoms with Gasteiger partial charge in [0, 0.05) is 12.1 Å². The Hall–Kier alpha value is -2.82. The molecule has 2 rings (SSSR count). The number of hydrogen-bond donors (Lipinski definition) is 1. The highest BCUT2D eigenvalue weighted by Crippen LogP contribution is 2.13. The van der Waals surface area contributed by atoms with Crippen molar-refractivity contribution in [3.8, 4) is 0 Å². The molecule has 0 saturated heterocycles. The number of carbonyl (C=O) groups excluding carboxylic acids is 1. The van der Waals surface area contributed by atoms with Gasteiger partial charge in [-0.2, -0.15) is 0 Å². The van der Waals surface area contributed by atoms with Gasteiger partial charge in [-0.25, -0.2) is 0 Å². The largest absolute Gasteiger partial charge is 0.480 e. The number of rotatable bonds is 8. The lowest BCUT2D eigenvalue weighted by Gasteiger charge is -2.23. The molecule has 0 saturated carbocycles. The lowest BCUT2D eigenvalue weighted by atomic mass is 10.1. The number of carboxylic acid groups (broad SMARTS) is 1. The highest BCUT2D eigenvalue weighted by atomic mass is 16.5. The molecule has 0 bridgehead atoms. The molecule has 126 valence electrons. The van der Waals surface area contributed by atoms with Crippen LogP contribution < -0.4 is 4.90 Å². The van der Waals surface area contributed by atoms with Crippen molar-refractivity contribution in [2.75, 3.05) is 18.0 Å². The fourth-order valence-electron chi connectivity index (χ4n) is 2.45. The van der Waals surface area contributed by atoms with Crippen LogP contribution in [-0.4, -0.2) is 36.2 Å². The molecule has 0 aliphatic carbocycles. The van der Waals surface area contributed by atoms with E-state index in [1.165, 1.54) is 4.90 Å². The summed E-state index contributed by atoms with van der Waals surface area (Å²) in [4.78, 5) is 24.7. The van der Waals surface area contributed by atoms with Gasteiger partial charge >= 0.3 is 11.9 Å². The lowest BCUT2D eigenvalue weighted by molar-refractivity contribution is -0.146. The third-order valence-corrected chi connectivity index (χ3v) is 3.47. The second kappa shape index (κ2) is 8.72. The molecule has 0 spiro atoms. The van der Waals surface area contributed by atoms with E-state index in [1.54, 1.807) is 24.3 Å². The number of carbonyl (C=O) groups is 2. The van der Waals surface area contributed by atoms with Gasteiger partial charge in [-0.05, 0) is 24.6 Å². The maximum absolute atomic E-state index is 12.2. The predicted molar refractivity (Wildman–Crippen MR) is 92.0 cm³/mol. The zero-order chi connectivity index (χ0) is 17.4. The standard InChI is InChI=1S/C19H21NO4/c1-15(12-16-8-4-2-5-9-16)24-19(23)14-20(13-18(21)22)17-10-6-3-7-11-17/h2-11,15H,12-14H2,1H3,(H,21,22). The van der Waals surface area contributed by atoms with Gasteiger partial charge in [-0.15, -0.1) is 0 Å². The smallest absolute Gasteiger partial charge is 0.325 e. The number of nitrogens with zero attached hydrogens (tertiary/aromatic N) is 1. The third-order valence-electron chi connectivity index (χ3n) is 3.47. The van der Waals surface area contributed by atoms with Gasteiger partial charge in [0.15, 0.2) is 0 Å². The van der Waals surface area contributed by atoms with Crippen molar-refractivity contribution in [1.29, 1.82) is 0 Å². The van der Waals surface area contributed by atoms with Crippen LogP contribution in [-0.2, 0) is 20.7 Å². The van der Waals surface area contributed by atoms with E-state index in [2.05, 4.69) is 0 Å². The molecule has 0 radical (unpaired) electrons. The summed E-state index contributed by atoms with van der Waals surface area (Å²) in [6.07, 6.45) is 0.346. The second-order valence-corrected chi connectivity index (χ2v) is 5.58. The highest BCUT2D eigenvalue weighted by Gasteiger charge is 2.17. The number of esters is 1. The first-order valence-corrected chi connectivity index (χ1v) is 7.80. The van der Waals surface area contributed by atoms with Gasteiger partial charge in [0.1, 0.15) is 19.2 Å². The number of para-hydroxylation sites is 1. The summed E-state index contributed by atoms with van der Waals surface area (Å²) in [5, 5.41) is 9.04. The molecule has 2 aromatic carbocycles. The van der Waals surface area contributed by atoms with Crippen LogP contribution in [0.25, 0.3) is 0 Å². The van der Waals surface area contributed by atoms with Crippen molar-refractivity contribution in [2.45, 2.75) is 19.4 Å². The maximum Gasteiger partial charge on any atom is 0.325 e. The number of aliphatic carboxylic acids is 1. The Morgan fingerprint density at radius 2 is 1.58 bits per heavy atom. The summed E-state index contributed by atoms with van der Waals surface area (Å²) in [6, 6.07) is 18.7. The van der Waals surface area contributed by atoms with Crippen molar-refractivity contribution in [3.63, 3.8) is 0 Å². The normalized spacial score (nSPS) is 11.5.